The fourth-order valence-electron chi connectivity index (χ4n) is 1.49. The van der Waals surface area contributed by atoms with Gasteiger partial charge >= 0.3 is 5.97 Å². The average Bonchev–Trinajstić information content (AvgIpc) is 2.38. The number of benzene rings is 1. The summed E-state index contributed by atoms with van der Waals surface area (Å²) >= 11 is 0. The van der Waals surface area contributed by atoms with E-state index in [0.717, 1.165) is 12.0 Å². The van der Waals surface area contributed by atoms with E-state index in [2.05, 4.69) is 4.74 Å². The maximum Gasteiger partial charge on any atom is 0.338 e. The van der Waals surface area contributed by atoms with Crippen LogP contribution in [-0.2, 0) is 9.53 Å². The first-order valence-electron chi connectivity index (χ1n) is 6.52. The first kappa shape index (κ1) is 15.9. The summed E-state index contributed by atoms with van der Waals surface area (Å²) in [7, 11) is 0. The van der Waals surface area contributed by atoms with Crippen LogP contribution in [0.1, 0.15) is 38.7 Å². The normalized spacial score (nSPS) is 12.3. The third-order valence-corrected chi connectivity index (χ3v) is 2.62. The first-order valence-corrected chi connectivity index (χ1v) is 6.52. The number of cyclic esters (lactones) is 1. The molecule has 0 saturated carbocycles. The Morgan fingerprint density at radius 3 is 2.25 bits per heavy atom. The number of phenols is 2. The molecule has 0 spiro atoms. The molecule has 1 aromatic carbocycles. The highest BCUT2D eigenvalue weighted by Crippen LogP contribution is 2.40. The van der Waals surface area contributed by atoms with Gasteiger partial charge in [0.1, 0.15) is 6.26 Å². The molecule has 1 aromatic rings. The lowest BCUT2D eigenvalue weighted by atomic mass is 10.0. The van der Waals surface area contributed by atoms with Crippen molar-refractivity contribution in [1.29, 1.82) is 0 Å². The number of carbonyl (C=O) groups is 1. The summed E-state index contributed by atoms with van der Waals surface area (Å²) < 4.78 is 9.40. The lowest BCUT2D eigenvalue weighted by molar-refractivity contribution is -0.136. The fraction of sp³-hybridized carbons (Fsp3) is 0.400. The molecule has 0 amide bonds. The molecule has 5 nitrogen and oxygen atoms in total. The highest BCUT2D eigenvalue weighted by atomic mass is 16.5. The molecule has 0 aliphatic carbocycles. The number of rotatable bonds is 4. The van der Waals surface area contributed by atoms with E-state index in [4.69, 9.17) is 4.74 Å². The minimum atomic E-state index is -0.245. The second kappa shape index (κ2) is 7.43. The monoisotopic (exact) mass is 280 g/mol. The van der Waals surface area contributed by atoms with Crippen LogP contribution in [-0.4, -0.2) is 22.8 Å². The summed E-state index contributed by atoms with van der Waals surface area (Å²) in [6.45, 7) is 6.44. The maximum absolute atomic E-state index is 9.72. The van der Waals surface area contributed by atoms with Crippen molar-refractivity contribution in [3.8, 4) is 17.2 Å². The minimum absolute atomic E-state index is 0.0707. The van der Waals surface area contributed by atoms with E-state index in [9.17, 15) is 15.0 Å². The molecule has 0 unspecified atom stereocenters. The van der Waals surface area contributed by atoms with Crippen LogP contribution >= 0.6 is 0 Å². The SMILES string of the molecule is CCCOc1ccc(C(C)C)c(O)c1O.O=C1C=CO1. The Morgan fingerprint density at radius 2 is 1.85 bits per heavy atom. The third-order valence-electron chi connectivity index (χ3n) is 2.62. The Hall–Kier alpha value is -2.17. The molecule has 2 rings (SSSR count). The van der Waals surface area contributed by atoms with Crippen molar-refractivity contribution < 1.29 is 24.5 Å². The summed E-state index contributed by atoms with van der Waals surface area (Å²) in [4.78, 5) is 9.59. The van der Waals surface area contributed by atoms with Gasteiger partial charge in [-0.2, -0.15) is 0 Å². The number of esters is 1. The number of hydrogen-bond donors (Lipinski definition) is 2. The van der Waals surface area contributed by atoms with Crippen LogP contribution < -0.4 is 4.74 Å². The zero-order valence-electron chi connectivity index (χ0n) is 11.9. The van der Waals surface area contributed by atoms with Gasteiger partial charge in [0.2, 0.25) is 5.75 Å². The van der Waals surface area contributed by atoms with Crippen LogP contribution in [0.2, 0.25) is 0 Å². The number of ether oxygens (including phenoxy) is 2. The molecule has 1 aliphatic rings. The van der Waals surface area contributed by atoms with Gasteiger partial charge in [0.15, 0.2) is 11.5 Å². The highest BCUT2D eigenvalue weighted by molar-refractivity contribution is 5.86. The number of carbonyl (C=O) groups excluding carboxylic acids is 1. The molecular weight excluding hydrogens is 260 g/mol. The summed E-state index contributed by atoms with van der Waals surface area (Å²) in [6, 6.07) is 3.48. The summed E-state index contributed by atoms with van der Waals surface area (Å²) in [5.41, 5.74) is 0.733. The van der Waals surface area contributed by atoms with Crippen molar-refractivity contribution in [3.05, 3.63) is 30.0 Å². The lowest BCUT2D eigenvalue weighted by Gasteiger charge is -2.13. The molecular formula is C15H20O5. The lowest BCUT2D eigenvalue weighted by Crippen LogP contribution is -2.01. The zero-order valence-corrected chi connectivity index (χ0v) is 11.9. The standard InChI is InChI=1S/C12H18O3.C3H2O2/c1-4-7-15-10-6-5-9(8(2)3)11(13)12(10)14;4-3-1-2-5-3/h5-6,8,13-14H,4,7H2,1-3H3;1-2H. The number of hydrogen-bond acceptors (Lipinski definition) is 5. The maximum atomic E-state index is 9.72. The van der Waals surface area contributed by atoms with Gasteiger partial charge in [0.25, 0.3) is 0 Å². The molecule has 0 saturated heterocycles. The van der Waals surface area contributed by atoms with Gasteiger partial charge in [0, 0.05) is 5.56 Å². The van der Waals surface area contributed by atoms with Crippen LogP contribution in [0.25, 0.3) is 0 Å². The fourth-order valence-corrected chi connectivity index (χ4v) is 1.49. The van der Waals surface area contributed by atoms with Crippen molar-refractivity contribution in [1.82, 2.24) is 0 Å². The second-order valence-corrected chi connectivity index (χ2v) is 4.59. The van der Waals surface area contributed by atoms with Gasteiger partial charge < -0.3 is 19.7 Å². The van der Waals surface area contributed by atoms with Crippen molar-refractivity contribution in [2.45, 2.75) is 33.1 Å². The van der Waals surface area contributed by atoms with Gasteiger partial charge in [-0.25, -0.2) is 4.79 Å². The van der Waals surface area contributed by atoms with Crippen LogP contribution in [0, 0.1) is 0 Å². The zero-order chi connectivity index (χ0) is 15.1. The Labute approximate surface area is 118 Å². The van der Waals surface area contributed by atoms with E-state index in [1.165, 1.54) is 12.3 Å². The quantitative estimate of drug-likeness (QED) is 0.654. The Kier molecular flexibility index (Phi) is 5.90. The highest BCUT2D eigenvalue weighted by Gasteiger charge is 2.14. The molecule has 20 heavy (non-hydrogen) atoms. The minimum Gasteiger partial charge on any atom is -0.504 e. The van der Waals surface area contributed by atoms with E-state index in [0.29, 0.717) is 12.4 Å². The van der Waals surface area contributed by atoms with Gasteiger partial charge in [-0.3, -0.25) is 0 Å². The predicted octanol–water partition coefficient (Wildman–Crippen LogP) is 3.07. The van der Waals surface area contributed by atoms with Crippen molar-refractivity contribution in [2.24, 2.45) is 0 Å². The van der Waals surface area contributed by atoms with Crippen LogP contribution in [0.15, 0.2) is 24.5 Å². The summed E-state index contributed by atoms with van der Waals surface area (Å²) in [6.07, 6.45) is 3.58. The van der Waals surface area contributed by atoms with Gasteiger partial charge in [-0.1, -0.05) is 26.8 Å². The first-order chi connectivity index (χ1) is 9.47. The van der Waals surface area contributed by atoms with Gasteiger partial charge in [0.05, 0.1) is 12.7 Å². The Balaban J connectivity index is 0.000000333. The molecule has 0 radical (unpaired) electrons. The molecule has 0 fully saturated rings. The molecule has 0 aromatic heterocycles. The third kappa shape index (κ3) is 4.19. The molecule has 0 bridgehead atoms. The topological polar surface area (TPSA) is 76.0 Å². The van der Waals surface area contributed by atoms with Crippen LogP contribution in [0.4, 0.5) is 0 Å². The summed E-state index contributed by atoms with van der Waals surface area (Å²) in [5, 5.41) is 19.4. The smallest absolute Gasteiger partial charge is 0.338 e. The van der Waals surface area contributed by atoms with Gasteiger partial charge in [-0.15, -0.1) is 0 Å². The van der Waals surface area contributed by atoms with Gasteiger partial charge in [-0.05, 0) is 18.4 Å². The number of aromatic hydroxyl groups is 2. The molecule has 5 heteroatoms. The Bertz CT molecular complexity index is 491. The molecule has 110 valence electrons. The van der Waals surface area contributed by atoms with E-state index < -0.39 is 0 Å². The summed E-state index contributed by atoms with van der Waals surface area (Å²) in [5.74, 6) is 0.0492. The van der Waals surface area contributed by atoms with E-state index >= 15 is 0 Å². The largest absolute Gasteiger partial charge is 0.504 e. The van der Waals surface area contributed by atoms with Crippen molar-refractivity contribution in [2.75, 3.05) is 6.61 Å². The van der Waals surface area contributed by atoms with E-state index in [1.807, 2.05) is 20.8 Å². The molecule has 1 aliphatic heterocycles. The van der Waals surface area contributed by atoms with E-state index in [1.54, 1.807) is 12.1 Å². The van der Waals surface area contributed by atoms with Crippen LogP contribution in [0.3, 0.4) is 0 Å². The molecule has 1 heterocycles. The van der Waals surface area contributed by atoms with Crippen molar-refractivity contribution in [3.63, 3.8) is 0 Å². The Morgan fingerprint density at radius 1 is 1.25 bits per heavy atom. The van der Waals surface area contributed by atoms with E-state index in [-0.39, 0.29) is 23.4 Å². The molecule has 2 N–H and O–H groups in total. The van der Waals surface area contributed by atoms with Crippen molar-refractivity contribution >= 4 is 5.97 Å². The number of phenolic OH excluding ortho intramolecular Hbond substituents is 2. The van der Waals surface area contributed by atoms with Crippen LogP contribution in [0.5, 0.6) is 17.2 Å². The average molecular weight is 280 g/mol. The second-order valence-electron chi connectivity index (χ2n) is 4.59. The predicted molar refractivity (Wildman–Crippen MR) is 74.9 cm³/mol. The molecule has 0 atom stereocenters.